The summed E-state index contributed by atoms with van der Waals surface area (Å²) in [5, 5.41) is 7.66. The van der Waals surface area contributed by atoms with Gasteiger partial charge in [-0.2, -0.15) is 13.2 Å². The molecule has 2 aromatic carbocycles. The van der Waals surface area contributed by atoms with Crippen LogP contribution >= 0.6 is 0 Å². The number of ether oxygens (including phenoxy) is 1. The predicted octanol–water partition coefficient (Wildman–Crippen LogP) is 5.08. The minimum Gasteiger partial charge on any atom is -0.379 e. The van der Waals surface area contributed by atoms with Gasteiger partial charge in [0.15, 0.2) is 12.0 Å². The first kappa shape index (κ1) is 26.8. The van der Waals surface area contributed by atoms with E-state index in [9.17, 15) is 22.4 Å². The Bertz CT molecular complexity index is 1470. The summed E-state index contributed by atoms with van der Waals surface area (Å²) in [6.45, 7) is 3.25. The van der Waals surface area contributed by atoms with Crippen molar-refractivity contribution in [3.8, 4) is 0 Å². The monoisotopic (exact) mass is 561 g/mol. The van der Waals surface area contributed by atoms with Crippen molar-refractivity contribution in [3.05, 3.63) is 76.4 Å². The van der Waals surface area contributed by atoms with Crippen molar-refractivity contribution in [1.29, 1.82) is 0 Å². The first-order valence-corrected chi connectivity index (χ1v) is 13.0. The lowest BCUT2D eigenvalue weighted by Gasteiger charge is -2.46. The maximum absolute atomic E-state index is 15.8. The molecule has 212 valence electrons. The first-order chi connectivity index (χ1) is 18.8. The molecule has 2 saturated heterocycles. The number of carbonyl (C=O) groups is 1. The molecule has 6 rings (SSSR count). The molecular weight excluding hydrogens is 533 g/mol. The van der Waals surface area contributed by atoms with Gasteiger partial charge in [0.1, 0.15) is 12.0 Å². The SMILES string of the molecule is C[C@H](c1cc2c(c(C(F)(F)F)c1)CN(c1cccc(C3([C@H](F)c4nncn4C)COC3)c1)C2=O)N1CC(C)(F)C1. The van der Waals surface area contributed by atoms with Crippen LogP contribution in [0.3, 0.4) is 0 Å². The maximum Gasteiger partial charge on any atom is 0.416 e. The Labute approximate surface area is 227 Å². The third-order valence-corrected chi connectivity index (χ3v) is 8.38. The zero-order chi connectivity index (χ0) is 28.6. The van der Waals surface area contributed by atoms with Gasteiger partial charge in [-0.05, 0) is 54.8 Å². The van der Waals surface area contributed by atoms with Crippen molar-refractivity contribution >= 4 is 11.6 Å². The van der Waals surface area contributed by atoms with Crippen LogP contribution in [0.1, 0.15) is 64.5 Å². The molecule has 12 heteroatoms. The average molecular weight is 562 g/mol. The van der Waals surface area contributed by atoms with Gasteiger partial charge in [-0.25, -0.2) is 8.78 Å². The number of aryl methyl sites for hydroxylation is 1. The van der Waals surface area contributed by atoms with Crippen molar-refractivity contribution in [3.63, 3.8) is 0 Å². The van der Waals surface area contributed by atoms with Gasteiger partial charge in [0.05, 0.1) is 30.7 Å². The van der Waals surface area contributed by atoms with Crippen LogP contribution in [0.5, 0.6) is 0 Å². The molecule has 0 bridgehead atoms. The van der Waals surface area contributed by atoms with Crippen LogP contribution in [0.25, 0.3) is 0 Å². The highest BCUT2D eigenvalue weighted by atomic mass is 19.4. The van der Waals surface area contributed by atoms with Gasteiger partial charge in [0.25, 0.3) is 5.91 Å². The Kier molecular flexibility index (Phi) is 6.08. The van der Waals surface area contributed by atoms with E-state index in [0.717, 1.165) is 6.07 Å². The second kappa shape index (κ2) is 9.07. The summed E-state index contributed by atoms with van der Waals surface area (Å²) < 4.78 is 79.5. The molecule has 0 saturated carbocycles. The highest BCUT2D eigenvalue weighted by molar-refractivity contribution is 6.10. The second-order valence-electron chi connectivity index (χ2n) is 11.3. The van der Waals surface area contributed by atoms with Crippen LogP contribution in [0, 0.1) is 0 Å². The molecule has 2 fully saturated rings. The Hall–Kier alpha value is -3.38. The molecule has 0 spiro atoms. The Balaban J connectivity index is 1.34. The van der Waals surface area contributed by atoms with Crippen LogP contribution in [0.15, 0.2) is 42.7 Å². The molecule has 3 aliphatic rings. The third-order valence-electron chi connectivity index (χ3n) is 8.38. The summed E-state index contributed by atoms with van der Waals surface area (Å²) in [5.41, 5.74) is -2.27. The predicted molar refractivity (Wildman–Crippen MR) is 135 cm³/mol. The summed E-state index contributed by atoms with van der Waals surface area (Å²) in [7, 11) is 1.64. The molecule has 7 nitrogen and oxygen atoms in total. The third kappa shape index (κ3) is 4.19. The van der Waals surface area contributed by atoms with Gasteiger partial charge in [0, 0.05) is 37.4 Å². The van der Waals surface area contributed by atoms with Crippen molar-refractivity contribution in [2.24, 2.45) is 7.05 Å². The molecule has 0 radical (unpaired) electrons. The number of anilines is 1. The summed E-state index contributed by atoms with van der Waals surface area (Å²) in [6.07, 6.45) is -4.84. The van der Waals surface area contributed by atoms with E-state index in [0.29, 0.717) is 16.8 Å². The number of fused-ring (bicyclic) bond motifs is 1. The number of hydrogen-bond acceptors (Lipinski definition) is 5. The standard InChI is InChI=1S/C28H28F5N5O2/c1-16(37-11-26(2,30)12-37)17-7-20-21(22(8-17)28(31,32)33)10-38(25(20)39)19-6-4-5-18(9-19)27(13-40-14-27)23(29)24-35-34-15-36(24)3/h4-9,15-16,23H,10-14H2,1-3H3/t16-,23-/m1/s1. The van der Waals surface area contributed by atoms with Gasteiger partial charge < -0.3 is 14.2 Å². The number of aromatic nitrogens is 3. The molecule has 3 aromatic rings. The molecule has 0 unspecified atom stereocenters. The number of halogens is 5. The van der Waals surface area contributed by atoms with Gasteiger partial charge in [-0.3, -0.25) is 9.69 Å². The molecule has 0 aliphatic carbocycles. The normalized spacial score (nSPS) is 21.5. The average Bonchev–Trinajstić information content (AvgIpc) is 3.43. The number of rotatable bonds is 6. The molecule has 40 heavy (non-hydrogen) atoms. The summed E-state index contributed by atoms with van der Waals surface area (Å²) in [5.74, 6) is -0.445. The Morgan fingerprint density at radius 2 is 1.85 bits per heavy atom. The van der Waals surface area contributed by atoms with Crippen LogP contribution < -0.4 is 4.90 Å². The minimum atomic E-state index is -4.69. The van der Waals surface area contributed by atoms with Gasteiger partial charge in [-0.1, -0.05) is 12.1 Å². The summed E-state index contributed by atoms with van der Waals surface area (Å²) in [6, 6.07) is 8.68. The number of alkyl halides is 5. The van der Waals surface area contributed by atoms with E-state index in [4.69, 9.17) is 4.74 Å². The van der Waals surface area contributed by atoms with Crippen molar-refractivity contribution < 1.29 is 31.5 Å². The molecule has 0 N–H and O–H groups in total. The lowest BCUT2D eigenvalue weighted by atomic mass is 9.74. The number of amides is 1. The lowest BCUT2D eigenvalue weighted by Crippen LogP contribution is -2.57. The molecule has 4 heterocycles. The smallest absolute Gasteiger partial charge is 0.379 e. The van der Waals surface area contributed by atoms with Gasteiger partial charge in [-0.15, -0.1) is 10.2 Å². The topological polar surface area (TPSA) is 63.5 Å². The quantitative estimate of drug-likeness (QED) is 0.393. The van der Waals surface area contributed by atoms with Gasteiger partial charge in [0.2, 0.25) is 0 Å². The largest absolute Gasteiger partial charge is 0.416 e. The van der Waals surface area contributed by atoms with E-state index in [2.05, 4.69) is 10.2 Å². The number of likely N-dealkylation sites (tertiary alicyclic amines) is 1. The number of hydrogen-bond donors (Lipinski definition) is 0. The minimum absolute atomic E-state index is 0.0326. The molecule has 1 amide bonds. The van der Waals surface area contributed by atoms with E-state index in [-0.39, 0.29) is 49.8 Å². The van der Waals surface area contributed by atoms with Crippen LogP contribution in [-0.2, 0) is 29.9 Å². The van der Waals surface area contributed by atoms with E-state index < -0.39 is 40.9 Å². The van der Waals surface area contributed by atoms with E-state index in [1.54, 1.807) is 43.1 Å². The second-order valence-corrected chi connectivity index (χ2v) is 11.3. The van der Waals surface area contributed by atoms with Crippen LogP contribution in [0.4, 0.5) is 27.6 Å². The van der Waals surface area contributed by atoms with Crippen molar-refractivity contribution in [2.75, 3.05) is 31.2 Å². The first-order valence-electron chi connectivity index (χ1n) is 13.0. The highest BCUT2D eigenvalue weighted by Crippen LogP contribution is 2.47. The van der Waals surface area contributed by atoms with Crippen molar-refractivity contribution in [1.82, 2.24) is 19.7 Å². The van der Waals surface area contributed by atoms with Crippen molar-refractivity contribution in [2.45, 2.75) is 49.9 Å². The molecule has 1 aromatic heterocycles. The fourth-order valence-electron chi connectivity index (χ4n) is 5.95. The van der Waals surface area contributed by atoms with E-state index >= 15 is 4.39 Å². The van der Waals surface area contributed by atoms with Crippen LogP contribution in [0.2, 0.25) is 0 Å². The van der Waals surface area contributed by atoms with E-state index in [1.165, 1.54) is 28.8 Å². The maximum atomic E-state index is 15.8. The number of benzene rings is 2. The molecule has 3 aliphatic heterocycles. The summed E-state index contributed by atoms with van der Waals surface area (Å²) in [4.78, 5) is 16.6. The fourth-order valence-corrected chi connectivity index (χ4v) is 5.95. The van der Waals surface area contributed by atoms with E-state index in [1.807, 2.05) is 0 Å². The summed E-state index contributed by atoms with van der Waals surface area (Å²) >= 11 is 0. The lowest BCUT2D eigenvalue weighted by molar-refractivity contribution is -0.138. The van der Waals surface area contributed by atoms with Gasteiger partial charge >= 0.3 is 6.18 Å². The van der Waals surface area contributed by atoms with Crippen LogP contribution in [-0.4, -0.2) is 57.5 Å². The zero-order valence-corrected chi connectivity index (χ0v) is 22.2. The Morgan fingerprint density at radius 1 is 1.12 bits per heavy atom. The molecular formula is C28H28F5N5O2. The highest BCUT2D eigenvalue weighted by Gasteiger charge is 2.51. The molecule has 2 atom stereocenters. The Morgan fingerprint density at radius 3 is 2.42 bits per heavy atom. The fraction of sp³-hybridized carbons (Fsp3) is 0.464. The number of nitrogens with zero attached hydrogens (tertiary/aromatic N) is 5. The zero-order valence-electron chi connectivity index (χ0n) is 22.2. The number of carbonyl (C=O) groups excluding carboxylic acids is 1.